The second kappa shape index (κ2) is 7.55. The number of hydrogen-bond acceptors (Lipinski definition) is 5. The molecular weight excluding hydrogens is 272 g/mol. The Morgan fingerprint density at radius 2 is 1.95 bits per heavy atom. The molecule has 1 aromatic rings. The van der Waals surface area contributed by atoms with Gasteiger partial charge in [-0.1, -0.05) is 37.4 Å². The fourth-order valence-electron chi connectivity index (χ4n) is 2.48. The van der Waals surface area contributed by atoms with Crippen molar-refractivity contribution in [1.82, 2.24) is 0 Å². The Hall–Kier alpha value is -1.20. The number of rotatable bonds is 5. The second-order valence-electron chi connectivity index (χ2n) is 5.13. The molecule has 4 nitrogen and oxygen atoms in total. The first kappa shape index (κ1) is 15.2. The Labute approximate surface area is 125 Å². The number of benzene rings is 1. The first-order valence-corrected chi connectivity index (χ1v) is 7.56. The molecule has 0 saturated heterocycles. The van der Waals surface area contributed by atoms with Gasteiger partial charge in [-0.3, -0.25) is 0 Å². The summed E-state index contributed by atoms with van der Waals surface area (Å²) < 4.78 is 7.17. The Kier molecular flexibility index (Phi) is 5.73. The van der Waals surface area contributed by atoms with Gasteiger partial charge in [0.1, 0.15) is 12.1 Å². The van der Waals surface area contributed by atoms with Crippen LogP contribution in [0, 0.1) is 0 Å². The van der Waals surface area contributed by atoms with Crippen molar-refractivity contribution in [2.45, 2.75) is 44.2 Å². The number of thiol groups is 1. The SMILES string of the molecule is NCC(C(=O)OC1CCCCC1)N(S)c1ccccc1. The molecule has 1 saturated carbocycles. The summed E-state index contributed by atoms with van der Waals surface area (Å²) in [7, 11) is 0. The summed E-state index contributed by atoms with van der Waals surface area (Å²) in [5.41, 5.74) is 6.57. The molecule has 0 spiro atoms. The lowest BCUT2D eigenvalue weighted by Crippen LogP contribution is -2.44. The van der Waals surface area contributed by atoms with Crippen molar-refractivity contribution in [1.29, 1.82) is 0 Å². The first-order chi connectivity index (χ1) is 9.72. The summed E-state index contributed by atoms with van der Waals surface area (Å²) in [6.45, 7) is 0.184. The molecule has 1 unspecified atom stereocenters. The zero-order valence-electron chi connectivity index (χ0n) is 11.6. The molecule has 110 valence electrons. The zero-order chi connectivity index (χ0) is 14.4. The van der Waals surface area contributed by atoms with Gasteiger partial charge in [0.15, 0.2) is 0 Å². The van der Waals surface area contributed by atoms with E-state index in [0.717, 1.165) is 31.4 Å². The van der Waals surface area contributed by atoms with E-state index in [0.29, 0.717) is 0 Å². The quantitative estimate of drug-likeness (QED) is 0.647. The number of hydrogen-bond donors (Lipinski definition) is 2. The lowest BCUT2D eigenvalue weighted by Gasteiger charge is -2.29. The zero-order valence-corrected chi connectivity index (χ0v) is 12.5. The Balaban J connectivity index is 1.97. The summed E-state index contributed by atoms with van der Waals surface area (Å²) in [4.78, 5) is 12.3. The normalized spacial score (nSPS) is 17.5. The van der Waals surface area contributed by atoms with Crippen molar-refractivity contribution in [2.75, 3.05) is 10.8 Å². The number of nitrogens with zero attached hydrogens (tertiary/aromatic N) is 1. The average molecular weight is 294 g/mol. The molecular formula is C15H22N2O2S. The third-order valence-electron chi connectivity index (χ3n) is 3.65. The van der Waals surface area contributed by atoms with Crippen LogP contribution in [-0.2, 0) is 9.53 Å². The van der Waals surface area contributed by atoms with Crippen LogP contribution in [0.15, 0.2) is 30.3 Å². The van der Waals surface area contributed by atoms with E-state index in [1.807, 2.05) is 30.3 Å². The molecule has 0 bridgehead atoms. The van der Waals surface area contributed by atoms with E-state index in [-0.39, 0.29) is 18.6 Å². The van der Waals surface area contributed by atoms with Gasteiger partial charge in [0.2, 0.25) is 0 Å². The number of nitrogens with two attached hydrogens (primary N) is 1. The molecule has 1 aliphatic carbocycles. The number of carbonyl (C=O) groups is 1. The summed E-state index contributed by atoms with van der Waals surface area (Å²) in [6.07, 6.45) is 5.46. The van der Waals surface area contributed by atoms with Gasteiger partial charge in [0.25, 0.3) is 0 Å². The van der Waals surface area contributed by atoms with Crippen molar-refractivity contribution < 1.29 is 9.53 Å². The average Bonchev–Trinajstić information content (AvgIpc) is 2.49. The van der Waals surface area contributed by atoms with Crippen LogP contribution in [-0.4, -0.2) is 24.7 Å². The van der Waals surface area contributed by atoms with E-state index in [9.17, 15) is 4.79 Å². The van der Waals surface area contributed by atoms with Crippen molar-refractivity contribution in [3.05, 3.63) is 30.3 Å². The molecule has 0 aliphatic heterocycles. The Morgan fingerprint density at radius 3 is 2.55 bits per heavy atom. The standard InChI is InChI=1S/C15H22N2O2S/c16-11-14(17(20)12-7-3-1-4-8-12)15(18)19-13-9-5-2-6-10-13/h1,3-4,7-8,13-14,20H,2,5-6,9-11,16H2. The predicted octanol–water partition coefficient (Wildman–Crippen LogP) is 2.54. The number of carbonyl (C=O) groups excluding carboxylic acids is 1. The van der Waals surface area contributed by atoms with Gasteiger partial charge in [-0.2, -0.15) is 0 Å². The highest BCUT2D eigenvalue weighted by Crippen LogP contribution is 2.23. The molecule has 0 heterocycles. The number of esters is 1. The predicted molar refractivity (Wildman–Crippen MR) is 83.7 cm³/mol. The monoisotopic (exact) mass is 294 g/mol. The van der Waals surface area contributed by atoms with Crippen LogP contribution in [0.4, 0.5) is 5.69 Å². The molecule has 5 heteroatoms. The molecule has 0 aromatic heterocycles. The highest BCUT2D eigenvalue weighted by atomic mass is 32.1. The topological polar surface area (TPSA) is 55.6 Å². The molecule has 0 amide bonds. The molecule has 2 N–H and O–H groups in total. The maximum atomic E-state index is 12.3. The minimum Gasteiger partial charge on any atom is -0.461 e. The van der Waals surface area contributed by atoms with E-state index in [1.165, 1.54) is 6.42 Å². The summed E-state index contributed by atoms with van der Waals surface area (Å²) in [6, 6.07) is 8.95. The number of ether oxygens (including phenoxy) is 1. The highest BCUT2D eigenvalue weighted by molar-refractivity contribution is 7.81. The van der Waals surface area contributed by atoms with Gasteiger partial charge in [-0.05, 0) is 37.8 Å². The van der Waals surface area contributed by atoms with Crippen LogP contribution in [0.5, 0.6) is 0 Å². The fourth-order valence-corrected chi connectivity index (χ4v) is 2.80. The molecule has 1 aromatic carbocycles. The van der Waals surface area contributed by atoms with E-state index in [4.69, 9.17) is 10.5 Å². The van der Waals surface area contributed by atoms with Crippen LogP contribution in [0.1, 0.15) is 32.1 Å². The van der Waals surface area contributed by atoms with Crippen LogP contribution >= 0.6 is 12.8 Å². The fraction of sp³-hybridized carbons (Fsp3) is 0.533. The molecule has 0 radical (unpaired) electrons. The van der Waals surface area contributed by atoms with Gasteiger partial charge >= 0.3 is 5.97 Å². The van der Waals surface area contributed by atoms with E-state index in [2.05, 4.69) is 12.8 Å². The first-order valence-electron chi connectivity index (χ1n) is 7.16. The highest BCUT2D eigenvalue weighted by Gasteiger charge is 2.27. The summed E-state index contributed by atoms with van der Waals surface area (Å²) in [5, 5.41) is 0. The van der Waals surface area contributed by atoms with Crippen LogP contribution in [0.2, 0.25) is 0 Å². The van der Waals surface area contributed by atoms with Crippen LogP contribution in [0.25, 0.3) is 0 Å². The van der Waals surface area contributed by atoms with Gasteiger partial charge in [-0.15, -0.1) is 0 Å². The Bertz CT molecular complexity index is 421. The second-order valence-corrected chi connectivity index (χ2v) is 5.56. The lowest BCUT2D eigenvalue weighted by atomic mass is 9.98. The largest absolute Gasteiger partial charge is 0.461 e. The number of anilines is 1. The number of para-hydroxylation sites is 1. The van der Waals surface area contributed by atoms with Crippen molar-refractivity contribution in [3.8, 4) is 0 Å². The van der Waals surface area contributed by atoms with E-state index < -0.39 is 6.04 Å². The third kappa shape index (κ3) is 3.90. The maximum absolute atomic E-state index is 12.3. The van der Waals surface area contributed by atoms with Crippen LogP contribution < -0.4 is 10.0 Å². The van der Waals surface area contributed by atoms with Crippen molar-refractivity contribution in [2.24, 2.45) is 5.73 Å². The van der Waals surface area contributed by atoms with Gasteiger partial charge in [0.05, 0.1) is 0 Å². The maximum Gasteiger partial charge on any atom is 0.331 e. The lowest BCUT2D eigenvalue weighted by molar-refractivity contribution is -0.151. The van der Waals surface area contributed by atoms with Gasteiger partial charge < -0.3 is 14.8 Å². The van der Waals surface area contributed by atoms with E-state index in [1.54, 1.807) is 4.31 Å². The van der Waals surface area contributed by atoms with Crippen LogP contribution in [0.3, 0.4) is 0 Å². The molecule has 2 rings (SSSR count). The molecule has 1 aliphatic rings. The molecule has 1 atom stereocenters. The van der Waals surface area contributed by atoms with E-state index >= 15 is 0 Å². The Morgan fingerprint density at radius 1 is 1.30 bits per heavy atom. The van der Waals surface area contributed by atoms with Gasteiger partial charge in [0, 0.05) is 12.2 Å². The molecule has 20 heavy (non-hydrogen) atoms. The third-order valence-corrected chi connectivity index (χ3v) is 4.16. The van der Waals surface area contributed by atoms with Crippen molar-refractivity contribution >= 4 is 24.5 Å². The van der Waals surface area contributed by atoms with Gasteiger partial charge in [-0.25, -0.2) is 4.79 Å². The minimum absolute atomic E-state index is 0.0443. The molecule has 1 fully saturated rings. The smallest absolute Gasteiger partial charge is 0.331 e. The minimum atomic E-state index is -0.553. The van der Waals surface area contributed by atoms with Crippen molar-refractivity contribution in [3.63, 3.8) is 0 Å². The summed E-state index contributed by atoms with van der Waals surface area (Å²) in [5.74, 6) is -0.279. The summed E-state index contributed by atoms with van der Waals surface area (Å²) >= 11 is 4.40.